The first kappa shape index (κ1) is 16.8. The molecule has 0 nitrogen and oxygen atoms in total. The minimum atomic E-state index is 0.422. The third-order valence-corrected chi connectivity index (χ3v) is 4.27. The van der Waals surface area contributed by atoms with E-state index in [0.717, 1.165) is 0 Å². The van der Waals surface area contributed by atoms with Gasteiger partial charge in [0.05, 0.1) is 0 Å². The Morgan fingerprint density at radius 1 is 1.00 bits per heavy atom. The van der Waals surface area contributed by atoms with Crippen LogP contribution in [-0.4, -0.2) is 0 Å². The highest BCUT2D eigenvalue weighted by molar-refractivity contribution is 9.10. The molecule has 0 unspecified atom stereocenters. The van der Waals surface area contributed by atoms with Crippen molar-refractivity contribution in [2.24, 2.45) is 5.41 Å². The Labute approximate surface area is 128 Å². The number of hydrogen-bond donors (Lipinski definition) is 0. The molecule has 1 aromatic carbocycles. The fourth-order valence-corrected chi connectivity index (χ4v) is 3.12. The van der Waals surface area contributed by atoms with Gasteiger partial charge in [0.2, 0.25) is 0 Å². The number of unbranched alkanes of at least 4 members (excludes halogenated alkanes) is 5. The molecular formula is C18H29Br. The van der Waals surface area contributed by atoms with Crippen molar-refractivity contribution < 1.29 is 0 Å². The lowest BCUT2D eigenvalue weighted by Crippen LogP contribution is -2.14. The second-order valence-electron chi connectivity index (χ2n) is 6.49. The lowest BCUT2D eigenvalue weighted by molar-refractivity contribution is 0.316. The van der Waals surface area contributed by atoms with E-state index in [1.54, 1.807) is 0 Å². The van der Waals surface area contributed by atoms with Crippen molar-refractivity contribution in [3.8, 4) is 0 Å². The van der Waals surface area contributed by atoms with Crippen molar-refractivity contribution in [2.75, 3.05) is 0 Å². The summed E-state index contributed by atoms with van der Waals surface area (Å²) in [5.74, 6) is 0. The lowest BCUT2D eigenvalue weighted by atomic mass is 9.81. The molecule has 0 aliphatic heterocycles. The molecule has 1 aromatic rings. The third kappa shape index (κ3) is 7.77. The molecule has 1 heteroatoms. The molecule has 19 heavy (non-hydrogen) atoms. The Morgan fingerprint density at radius 3 is 2.37 bits per heavy atom. The van der Waals surface area contributed by atoms with Crippen LogP contribution in [-0.2, 0) is 6.42 Å². The first-order valence-electron chi connectivity index (χ1n) is 7.78. The molecule has 0 amide bonds. The van der Waals surface area contributed by atoms with Gasteiger partial charge in [0, 0.05) is 4.47 Å². The van der Waals surface area contributed by atoms with Gasteiger partial charge in [0.25, 0.3) is 0 Å². The van der Waals surface area contributed by atoms with Gasteiger partial charge in [-0.25, -0.2) is 0 Å². The lowest BCUT2D eigenvalue weighted by Gasteiger charge is -2.25. The van der Waals surface area contributed by atoms with Crippen LogP contribution >= 0.6 is 15.9 Å². The van der Waals surface area contributed by atoms with Crippen LogP contribution in [0.2, 0.25) is 0 Å². The Bertz CT molecular complexity index is 354. The van der Waals surface area contributed by atoms with Gasteiger partial charge < -0.3 is 0 Å². The number of hydrogen-bond acceptors (Lipinski definition) is 0. The molecule has 0 fully saturated rings. The highest BCUT2D eigenvalue weighted by Gasteiger charge is 2.17. The monoisotopic (exact) mass is 324 g/mol. The molecular weight excluding hydrogens is 296 g/mol. The van der Waals surface area contributed by atoms with Crippen LogP contribution in [0.15, 0.2) is 28.7 Å². The van der Waals surface area contributed by atoms with E-state index < -0.39 is 0 Å². The standard InChI is InChI=1S/C18H29Br/c1-4-5-6-7-8-9-13-18(2,3)15-16-11-10-12-17(19)14-16/h10-12,14H,4-9,13,15H2,1-3H3. The van der Waals surface area contributed by atoms with Gasteiger partial charge in [-0.2, -0.15) is 0 Å². The molecule has 0 spiro atoms. The first-order chi connectivity index (χ1) is 9.03. The van der Waals surface area contributed by atoms with Crippen LogP contribution in [0, 0.1) is 5.41 Å². The van der Waals surface area contributed by atoms with Crippen LogP contribution in [0.5, 0.6) is 0 Å². The van der Waals surface area contributed by atoms with E-state index in [0.29, 0.717) is 5.41 Å². The Kier molecular flexibility index (Phi) is 7.75. The van der Waals surface area contributed by atoms with Crippen molar-refractivity contribution in [3.63, 3.8) is 0 Å². The summed E-state index contributed by atoms with van der Waals surface area (Å²) < 4.78 is 1.19. The average Bonchev–Trinajstić information content (AvgIpc) is 2.33. The largest absolute Gasteiger partial charge is 0.0654 e. The van der Waals surface area contributed by atoms with Gasteiger partial charge in [0.1, 0.15) is 0 Å². The van der Waals surface area contributed by atoms with E-state index in [1.807, 2.05) is 0 Å². The SMILES string of the molecule is CCCCCCCCC(C)(C)Cc1cccc(Br)c1. The van der Waals surface area contributed by atoms with E-state index in [4.69, 9.17) is 0 Å². The predicted octanol–water partition coefficient (Wildman–Crippen LogP) is 6.77. The molecule has 0 aliphatic rings. The van der Waals surface area contributed by atoms with Crippen LogP contribution in [0.25, 0.3) is 0 Å². The minimum Gasteiger partial charge on any atom is -0.0654 e. The van der Waals surface area contributed by atoms with Crippen LogP contribution in [0.4, 0.5) is 0 Å². The van der Waals surface area contributed by atoms with Gasteiger partial charge in [-0.15, -0.1) is 0 Å². The first-order valence-corrected chi connectivity index (χ1v) is 8.57. The normalized spacial score (nSPS) is 11.8. The van der Waals surface area contributed by atoms with Crippen molar-refractivity contribution in [2.45, 2.75) is 72.1 Å². The van der Waals surface area contributed by atoms with Gasteiger partial charge in [-0.05, 0) is 36.0 Å². The zero-order valence-electron chi connectivity index (χ0n) is 12.8. The van der Waals surface area contributed by atoms with Gasteiger partial charge in [-0.3, -0.25) is 0 Å². The van der Waals surface area contributed by atoms with E-state index in [2.05, 4.69) is 61.0 Å². The Hall–Kier alpha value is -0.300. The van der Waals surface area contributed by atoms with Gasteiger partial charge in [-0.1, -0.05) is 87.4 Å². The smallest absolute Gasteiger partial charge is 0.0177 e. The molecule has 0 N–H and O–H groups in total. The molecule has 0 saturated heterocycles. The average molecular weight is 325 g/mol. The van der Waals surface area contributed by atoms with Crippen LogP contribution in [0.1, 0.15) is 71.3 Å². The minimum absolute atomic E-state index is 0.422. The summed E-state index contributed by atoms with van der Waals surface area (Å²) in [5, 5.41) is 0. The summed E-state index contributed by atoms with van der Waals surface area (Å²) in [7, 11) is 0. The Balaban J connectivity index is 2.27. The fourth-order valence-electron chi connectivity index (χ4n) is 2.67. The maximum Gasteiger partial charge on any atom is 0.0177 e. The van der Waals surface area contributed by atoms with Crippen molar-refractivity contribution in [3.05, 3.63) is 34.3 Å². The van der Waals surface area contributed by atoms with E-state index in [-0.39, 0.29) is 0 Å². The highest BCUT2D eigenvalue weighted by atomic mass is 79.9. The van der Waals surface area contributed by atoms with Gasteiger partial charge >= 0.3 is 0 Å². The summed E-state index contributed by atoms with van der Waals surface area (Å²) in [6.45, 7) is 7.08. The summed E-state index contributed by atoms with van der Waals surface area (Å²) in [6.07, 6.45) is 10.9. The van der Waals surface area contributed by atoms with Crippen LogP contribution < -0.4 is 0 Å². The van der Waals surface area contributed by atoms with Gasteiger partial charge in [0.15, 0.2) is 0 Å². The summed E-state index contributed by atoms with van der Waals surface area (Å²) in [6, 6.07) is 8.74. The zero-order valence-corrected chi connectivity index (χ0v) is 14.4. The van der Waals surface area contributed by atoms with Crippen molar-refractivity contribution in [1.29, 1.82) is 0 Å². The molecule has 0 heterocycles. The van der Waals surface area contributed by atoms with Crippen molar-refractivity contribution >= 4 is 15.9 Å². The van der Waals surface area contributed by atoms with E-state index in [1.165, 1.54) is 61.4 Å². The molecule has 0 aromatic heterocycles. The second-order valence-corrected chi connectivity index (χ2v) is 7.40. The topological polar surface area (TPSA) is 0 Å². The fraction of sp³-hybridized carbons (Fsp3) is 0.667. The summed E-state index contributed by atoms with van der Waals surface area (Å²) in [4.78, 5) is 0. The second kappa shape index (κ2) is 8.79. The van der Waals surface area contributed by atoms with Crippen molar-refractivity contribution in [1.82, 2.24) is 0 Å². The highest BCUT2D eigenvalue weighted by Crippen LogP contribution is 2.29. The number of halogens is 1. The maximum absolute atomic E-state index is 3.56. The summed E-state index contributed by atoms with van der Waals surface area (Å²) in [5.41, 5.74) is 1.87. The van der Waals surface area contributed by atoms with E-state index >= 15 is 0 Å². The third-order valence-electron chi connectivity index (χ3n) is 3.78. The molecule has 0 aliphatic carbocycles. The zero-order chi connectivity index (χ0) is 14.1. The Morgan fingerprint density at radius 2 is 1.68 bits per heavy atom. The van der Waals surface area contributed by atoms with Crippen LogP contribution in [0.3, 0.4) is 0 Å². The molecule has 0 atom stereocenters. The molecule has 0 radical (unpaired) electrons. The predicted molar refractivity (Wildman–Crippen MR) is 89.6 cm³/mol. The quantitative estimate of drug-likeness (QED) is 0.440. The number of rotatable bonds is 9. The number of benzene rings is 1. The molecule has 108 valence electrons. The maximum atomic E-state index is 3.56. The van der Waals surface area contributed by atoms with E-state index in [9.17, 15) is 0 Å². The molecule has 0 saturated carbocycles. The summed E-state index contributed by atoms with van der Waals surface area (Å²) >= 11 is 3.56. The molecule has 0 bridgehead atoms. The molecule has 1 rings (SSSR count).